The summed E-state index contributed by atoms with van der Waals surface area (Å²) in [6, 6.07) is 9.61. The minimum atomic E-state index is -1.47. The number of hydrogen-bond acceptors (Lipinski definition) is 5. The summed E-state index contributed by atoms with van der Waals surface area (Å²) in [4.78, 5) is 34.3. The van der Waals surface area contributed by atoms with Gasteiger partial charge in [0.2, 0.25) is 12.0 Å². The number of carboxylic acid groups (broad SMARTS) is 1. The summed E-state index contributed by atoms with van der Waals surface area (Å²) in [5.74, 6) is -2.53. The Balaban J connectivity index is 1.88. The topological polar surface area (TPSA) is 102 Å². The molecule has 1 aromatic rings. The van der Waals surface area contributed by atoms with Crippen molar-refractivity contribution >= 4 is 17.8 Å². The van der Waals surface area contributed by atoms with E-state index < -0.39 is 30.4 Å². The van der Waals surface area contributed by atoms with Crippen molar-refractivity contribution in [1.82, 2.24) is 5.32 Å². The first-order valence-corrected chi connectivity index (χ1v) is 8.80. The van der Waals surface area contributed by atoms with Crippen LogP contribution in [0.3, 0.4) is 0 Å². The van der Waals surface area contributed by atoms with Crippen LogP contribution in [-0.2, 0) is 30.5 Å². The van der Waals surface area contributed by atoms with Gasteiger partial charge in [-0.1, -0.05) is 43.2 Å². The molecular formula is C19H25NO6. The minimum Gasteiger partial charge on any atom is -0.478 e. The van der Waals surface area contributed by atoms with E-state index in [0.29, 0.717) is 6.61 Å². The Morgan fingerprint density at radius 3 is 2.54 bits per heavy atom. The molecule has 7 heteroatoms. The molecule has 1 amide bonds. The molecule has 1 aliphatic rings. The van der Waals surface area contributed by atoms with Gasteiger partial charge >= 0.3 is 11.9 Å². The fraction of sp³-hybridized carbons (Fsp3) is 0.526. The van der Waals surface area contributed by atoms with Crippen molar-refractivity contribution in [2.24, 2.45) is 0 Å². The molecule has 0 aliphatic heterocycles. The van der Waals surface area contributed by atoms with Crippen molar-refractivity contribution in [3.05, 3.63) is 35.9 Å². The zero-order valence-electron chi connectivity index (χ0n) is 14.8. The van der Waals surface area contributed by atoms with E-state index in [1.54, 1.807) is 0 Å². The van der Waals surface area contributed by atoms with Crippen LogP contribution in [0.15, 0.2) is 30.3 Å². The lowest BCUT2D eigenvalue weighted by Crippen LogP contribution is -2.47. The average molecular weight is 363 g/mol. The standard InChI is InChI=1S/C19H25NO6/c1-13(21)26-17(19(23)24)11-18(22)20-15-9-5-6-10-16(15)25-12-14-7-3-2-4-8-14/h2-4,7-8,15-17H,5-6,9-12H2,1H3,(H,20,22)(H,23,24). The van der Waals surface area contributed by atoms with Crippen molar-refractivity contribution in [3.8, 4) is 0 Å². The average Bonchev–Trinajstić information content (AvgIpc) is 2.61. The van der Waals surface area contributed by atoms with E-state index >= 15 is 0 Å². The zero-order chi connectivity index (χ0) is 18.9. The Labute approximate surface area is 152 Å². The second-order valence-electron chi connectivity index (χ2n) is 6.43. The number of nitrogens with one attached hydrogen (secondary N) is 1. The molecule has 1 aromatic carbocycles. The molecular weight excluding hydrogens is 338 g/mol. The fourth-order valence-electron chi connectivity index (χ4n) is 3.05. The van der Waals surface area contributed by atoms with Gasteiger partial charge in [-0.2, -0.15) is 0 Å². The molecule has 7 nitrogen and oxygen atoms in total. The lowest BCUT2D eigenvalue weighted by Gasteiger charge is -2.32. The predicted molar refractivity (Wildman–Crippen MR) is 93.2 cm³/mol. The number of ether oxygens (including phenoxy) is 2. The van der Waals surface area contributed by atoms with E-state index in [1.165, 1.54) is 0 Å². The van der Waals surface area contributed by atoms with E-state index in [4.69, 9.17) is 9.84 Å². The maximum absolute atomic E-state index is 12.2. The second kappa shape index (κ2) is 9.91. The van der Waals surface area contributed by atoms with Crippen LogP contribution < -0.4 is 5.32 Å². The first-order valence-electron chi connectivity index (χ1n) is 8.80. The summed E-state index contributed by atoms with van der Waals surface area (Å²) in [6.45, 7) is 1.57. The van der Waals surface area contributed by atoms with Crippen molar-refractivity contribution in [2.75, 3.05) is 0 Å². The molecule has 0 aromatic heterocycles. The highest BCUT2D eigenvalue weighted by molar-refractivity contribution is 5.85. The molecule has 0 heterocycles. The molecule has 3 atom stereocenters. The molecule has 0 bridgehead atoms. The Morgan fingerprint density at radius 2 is 1.88 bits per heavy atom. The van der Waals surface area contributed by atoms with Gasteiger partial charge in [0, 0.05) is 6.92 Å². The number of hydrogen-bond donors (Lipinski definition) is 2. The maximum Gasteiger partial charge on any atom is 0.345 e. The van der Waals surface area contributed by atoms with Crippen LogP contribution in [0.2, 0.25) is 0 Å². The molecule has 0 saturated heterocycles. The number of carbonyl (C=O) groups is 3. The van der Waals surface area contributed by atoms with Crippen LogP contribution in [0.1, 0.15) is 44.6 Å². The number of esters is 1. The van der Waals surface area contributed by atoms with Crippen LogP contribution in [0.25, 0.3) is 0 Å². The van der Waals surface area contributed by atoms with Gasteiger partial charge in [-0.15, -0.1) is 0 Å². The van der Waals surface area contributed by atoms with Crippen molar-refractivity contribution in [1.29, 1.82) is 0 Å². The Bertz CT molecular complexity index is 618. The van der Waals surface area contributed by atoms with Crippen LogP contribution >= 0.6 is 0 Å². The highest BCUT2D eigenvalue weighted by atomic mass is 16.6. The molecule has 1 fully saturated rings. The summed E-state index contributed by atoms with van der Waals surface area (Å²) in [5.41, 5.74) is 1.06. The summed E-state index contributed by atoms with van der Waals surface area (Å²) in [7, 11) is 0. The van der Waals surface area contributed by atoms with Gasteiger partial charge in [-0.05, 0) is 18.4 Å². The molecule has 0 spiro atoms. The normalized spacial score (nSPS) is 20.8. The Kier molecular flexibility index (Phi) is 7.59. The summed E-state index contributed by atoms with van der Waals surface area (Å²) in [6.07, 6.45) is 1.61. The third-order valence-electron chi connectivity index (χ3n) is 4.31. The lowest BCUT2D eigenvalue weighted by atomic mass is 9.92. The van der Waals surface area contributed by atoms with Crippen LogP contribution in [0.5, 0.6) is 0 Å². The number of carboxylic acids is 1. The summed E-state index contributed by atoms with van der Waals surface area (Å²) < 4.78 is 10.7. The molecule has 1 aliphatic carbocycles. The van der Waals surface area contributed by atoms with Crippen LogP contribution in [-0.4, -0.2) is 41.2 Å². The van der Waals surface area contributed by atoms with E-state index in [0.717, 1.165) is 38.2 Å². The second-order valence-corrected chi connectivity index (χ2v) is 6.43. The Morgan fingerprint density at radius 1 is 1.19 bits per heavy atom. The SMILES string of the molecule is CC(=O)OC(CC(=O)NC1CCCCC1OCc1ccccc1)C(=O)O. The molecule has 2 rings (SSSR count). The van der Waals surface area contributed by atoms with Crippen molar-refractivity contribution < 1.29 is 29.0 Å². The molecule has 1 saturated carbocycles. The molecule has 142 valence electrons. The first-order chi connectivity index (χ1) is 12.5. The Hall–Kier alpha value is -2.41. The van der Waals surface area contributed by atoms with Gasteiger partial charge in [0.15, 0.2) is 0 Å². The van der Waals surface area contributed by atoms with Crippen LogP contribution in [0, 0.1) is 0 Å². The predicted octanol–water partition coefficient (Wildman–Crippen LogP) is 2.04. The third-order valence-corrected chi connectivity index (χ3v) is 4.31. The highest BCUT2D eigenvalue weighted by Crippen LogP contribution is 2.22. The molecule has 0 radical (unpaired) electrons. The number of aliphatic carboxylic acids is 1. The number of rotatable bonds is 8. The summed E-state index contributed by atoms with van der Waals surface area (Å²) >= 11 is 0. The van der Waals surface area contributed by atoms with Gasteiger partial charge in [0.05, 0.1) is 25.2 Å². The minimum absolute atomic E-state index is 0.120. The van der Waals surface area contributed by atoms with E-state index in [1.807, 2.05) is 30.3 Å². The van der Waals surface area contributed by atoms with E-state index in [-0.39, 0.29) is 12.1 Å². The fourth-order valence-corrected chi connectivity index (χ4v) is 3.05. The maximum atomic E-state index is 12.2. The largest absolute Gasteiger partial charge is 0.478 e. The quantitative estimate of drug-likeness (QED) is 0.685. The van der Waals surface area contributed by atoms with Gasteiger partial charge in [-0.3, -0.25) is 9.59 Å². The summed E-state index contributed by atoms with van der Waals surface area (Å²) in [5, 5.41) is 11.9. The van der Waals surface area contributed by atoms with E-state index in [2.05, 4.69) is 10.1 Å². The van der Waals surface area contributed by atoms with Crippen molar-refractivity contribution in [3.63, 3.8) is 0 Å². The van der Waals surface area contributed by atoms with E-state index in [9.17, 15) is 14.4 Å². The van der Waals surface area contributed by atoms with Gasteiger partial charge in [0.25, 0.3) is 0 Å². The number of amides is 1. The zero-order valence-corrected chi connectivity index (χ0v) is 14.8. The van der Waals surface area contributed by atoms with Crippen LogP contribution in [0.4, 0.5) is 0 Å². The number of carbonyl (C=O) groups excluding carboxylic acids is 2. The van der Waals surface area contributed by atoms with Gasteiger partial charge < -0.3 is 19.9 Å². The number of benzene rings is 1. The molecule has 26 heavy (non-hydrogen) atoms. The third kappa shape index (κ3) is 6.48. The smallest absolute Gasteiger partial charge is 0.345 e. The molecule has 3 unspecified atom stereocenters. The first kappa shape index (κ1) is 19.9. The van der Waals surface area contributed by atoms with Gasteiger partial charge in [-0.25, -0.2) is 4.79 Å². The van der Waals surface area contributed by atoms with Gasteiger partial charge in [0.1, 0.15) is 0 Å². The highest BCUT2D eigenvalue weighted by Gasteiger charge is 2.30. The monoisotopic (exact) mass is 363 g/mol. The molecule has 2 N–H and O–H groups in total. The lowest BCUT2D eigenvalue weighted by molar-refractivity contribution is -0.164. The van der Waals surface area contributed by atoms with Crippen molar-refractivity contribution in [2.45, 2.75) is 63.9 Å².